The van der Waals surface area contributed by atoms with E-state index in [1.165, 1.54) is 22.6 Å². The summed E-state index contributed by atoms with van der Waals surface area (Å²) in [6.07, 6.45) is 1.39. The van der Waals surface area contributed by atoms with Crippen LogP contribution in [0.2, 0.25) is 0 Å². The van der Waals surface area contributed by atoms with E-state index < -0.39 is 30.2 Å². The maximum absolute atomic E-state index is 14.2. The van der Waals surface area contributed by atoms with Crippen LogP contribution >= 0.6 is 0 Å². The van der Waals surface area contributed by atoms with Crippen molar-refractivity contribution < 1.29 is 18.0 Å². The van der Waals surface area contributed by atoms with Crippen LogP contribution in [0.3, 0.4) is 0 Å². The minimum atomic E-state index is -2.91. The average molecular weight is 388 g/mol. The summed E-state index contributed by atoms with van der Waals surface area (Å²) in [5, 5.41) is 0. The molecule has 1 fully saturated rings. The molecule has 28 heavy (non-hydrogen) atoms. The van der Waals surface area contributed by atoms with Crippen molar-refractivity contribution in [3.8, 4) is 0 Å². The molecule has 0 bridgehead atoms. The SMILES string of the molecule is O=C(Cc1ccccc1F)N1CC(F)(F)C[C@H]1CN1CCCc2ccccc21. The fraction of sp³-hybridized carbons (Fsp3) is 0.409. The molecule has 1 atom stereocenters. The van der Waals surface area contributed by atoms with Gasteiger partial charge in [-0.05, 0) is 36.1 Å². The van der Waals surface area contributed by atoms with E-state index in [1.807, 2.05) is 18.2 Å². The number of benzene rings is 2. The zero-order valence-electron chi connectivity index (χ0n) is 15.6. The molecule has 1 amide bonds. The smallest absolute Gasteiger partial charge is 0.267 e. The Hall–Kier alpha value is -2.50. The standard InChI is InChI=1S/C22H23F3N2O/c23-19-9-3-1-7-17(19)12-21(28)27-15-22(24,25)13-18(27)14-26-11-5-8-16-6-2-4-10-20(16)26/h1-4,6-7,9-10,18H,5,8,11-15H2/t18-/m0/s1. The Morgan fingerprint density at radius 2 is 1.86 bits per heavy atom. The molecule has 6 heteroatoms. The zero-order chi connectivity index (χ0) is 19.7. The summed E-state index contributed by atoms with van der Waals surface area (Å²) in [7, 11) is 0. The number of fused-ring (bicyclic) bond motifs is 1. The van der Waals surface area contributed by atoms with E-state index in [-0.39, 0.29) is 18.4 Å². The number of likely N-dealkylation sites (tertiary alicyclic amines) is 1. The number of carbonyl (C=O) groups excluding carboxylic acids is 1. The first-order valence-electron chi connectivity index (χ1n) is 9.66. The molecule has 148 valence electrons. The highest BCUT2D eigenvalue weighted by molar-refractivity contribution is 5.79. The van der Waals surface area contributed by atoms with Crippen molar-refractivity contribution in [2.24, 2.45) is 0 Å². The lowest BCUT2D eigenvalue weighted by Crippen LogP contribution is -2.45. The number of hydrogen-bond acceptors (Lipinski definition) is 2. The highest BCUT2D eigenvalue weighted by Crippen LogP contribution is 2.35. The molecule has 2 aromatic carbocycles. The minimum Gasteiger partial charge on any atom is -0.369 e. The first-order chi connectivity index (χ1) is 13.4. The number of carbonyl (C=O) groups is 1. The second kappa shape index (κ2) is 7.49. The van der Waals surface area contributed by atoms with Gasteiger partial charge in [0.05, 0.1) is 19.0 Å². The van der Waals surface area contributed by atoms with Crippen LogP contribution < -0.4 is 4.90 Å². The Balaban J connectivity index is 1.52. The highest BCUT2D eigenvalue weighted by atomic mass is 19.3. The molecule has 1 saturated heterocycles. The quantitative estimate of drug-likeness (QED) is 0.789. The number of rotatable bonds is 4. The summed E-state index contributed by atoms with van der Waals surface area (Å²) in [4.78, 5) is 16.1. The number of aryl methyl sites for hydroxylation is 1. The molecule has 0 radical (unpaired) electrons. The van der Waals surface area contributed by atoms with Crippen molar-refractivity contribution in [3.05, 3.63) is 65.5 Å². The Kier molecular flexibility index (Phi) is 5.04. The monoisotopic (exact) mass is 388 g/mol. The van der Waals surface area contributed by atoms with E-state index >= 15 is 0 Å². The number of hydrogen-bond donors (Lipinski definition) is 0. The predicted molar refractivity (Wildman–Crippen MR) is 102 cm³/mol. The molecule has 2 heterocycles. The molecular formula is C22H23F3N2O. The number of amides is 1. The fourth-order valence-electron chi connectivity index (χ4n) is 4.31. The molecule has 2 aliphatic rings. The Bertz CT molecular complexity index is 870. The Morgan fingerprint density at radius 1 is 1.11 bits per heavy atom. The zero-order valence-corrected chi connectivity index (χ0v) is 15.6. The molecule has 2 aliphatic heterocycles. The van der Waals surface area contributed by atoms with Crippen LogP contribution in [0.25, 0.3) is 0 Å². The number of nitrogens with zero attached hydrogens (tertiary/aromatic N) is 2. The molecular weight excluding hydrogens is 365 g/mol. The molecule has 0 spiro atoms. The minimum absolute atomic E-state index is 0.199. The predicted octanol–water partition coefficient (Wildman–Crippen LogP) is 4.06. The first-order valence-corrected chi connectivity index (χ1v) is 9.66. The van der Waals surface area contributed by atoms with Crippen LogP contribution in [0.1, 0.15) is 24.0 Å². The summed E-state index contributed by atoms with van der Waals surface area (Å²) in [6.45, 7) is 0.560. The van der Waals surface area contributed by atoms with Crippen molar-refractivity contribution in [3.63, 3.8) is 0 Å². The van der Waals surface area contributed by atoms with Crippen LogP contribution in [-0.2, 0) is 17.6 Å². The van der Waals surface area contributed by atoms with Gasteiger partial charge in [-0.15, -0.1) is 0 Å². The summed E-state index contributed by atoms with van der Waals surface area (Å²) < 4.78 is 42.3. The van der Waals surface area contributed by atoms with Crippen molar-refractivity contribution >= 4 is 11.6 Å². The molecule has 3 nitrogen and oxygen atoms in total. The molecule has 0 saturated carbocycles. The lowest BCUT2D eigenvalue weighted by Gasteiger charge is -2.35. The molecule has 0 N–H and O–H groups in total. The van der Waals surface area contributed by atoms with Gasteiger partial charge in [-0.3, -0.25) is 4.79 Å². The van der Waals surface area contributed by atoms with E-state index in [0.717, 1.165) is 25.1 Å². The lowest BCUT2D eigenvalue weighted by molar-refractivity contribution is -0.132. The summed E-state index contributed by atoms with van der Waals surface area (Å²) in [5.74, 6) is -3.84. The van der Waals surface area contributed by atoms with E-state index in [2.05, 4.69) is 11.0 Å². The second-order valence-corrected chi connectivity index (χ2v) is 7.68. The van der Waals surface area contributed by atoms with Crippen LogP contribution in [0.5, 0.6) is 0 Å². The maximum Gasteiger partial charge on any atom is 0.267 e. The fourth-order valence-corrected chi connectivity index (χ4v) is 4.31. The van der Waals surface area contributed by atoms with Gasteiger partial charge in [0.1, 0.15) is 5.82 Å². The first kappa shape index (κ1) is 18.8. The van der Waals surface area contributed by atoms with Gasteiger partial charge in [0, 0.05) is 25.2 Å². The van der Waals surface area contributed by atoms with Gasteiger partial charge in [-0.25, -0.2) is 13.2 Å². The average Bonchev–Trinajstić information content (AvgIpc) is 2.98. The molecule has 0 unspecified atom stereocenters. The lowest BCUT2D eigenvalue weighted by atomic mass is 10.0. The van der Waals surface area contributed by atoms with Crippen LogP contribution in [0.15, 0.2) is 48.5 Å². The topological polar surface area (TPSA) is 23.6 Å². The Morgan fingerprint density at radius 3 is 2.68 bits per heavy atom. The molecule has 0 aromatic heterocycles. The number of anilines is 1. The van der Waals surface area contributed by atoms with E-state index in [9.17, 15) is 18.0 Å². The van der Waals surface area contributed by atoms with Crippen LogP contribution in [0.4, 0.5) is 18.9 Å². The van der Waals surface area contributed by atoms with Crippen LogP contribution in [0, 0.1) is 5.82 Å². The Labute approximate surface area is 162 Å². The van der Waals surface area contributed by atoms with E-state index in [0.29, 0.717) is 6.54 Å². The second-order valence-electron chi connectivity index (χ2n) is 7.68. The third-order valence-corrected chi connectivity index (χ3v) is 5.63. The van der Waals surface area contributed by atoms with Gasteiger partial charge in [-0.2, -0.15) is 0 Å². The van der Waals surface area contributed by atoms with Gasteiger partial charge in [0.2, 0.25) is 5.91 Å². The van der Waals surface area contributed by atoms with E-state index in [1.54, 1.807) is 12.1 Å². The van der Waals surface area contributed by atoms with Crippen molar-refractivity contribution in [2.45, 2.75) is 37.6 Å². The number of halogens is 3. The normalized spacial score (nSPS) is 20.9. The molecule has 0 aliphatic carbocycles. The van der Waals surface area contributed by atoms with Gasteiger partial charge in [-0.1, -0.05) is 36.4 Å². The molecule has 4 rings (SSSR count). The van der Waals surface area contributed by atoms with Crippen molar-refractivity contribution in [1.82, 2.24) is 4.90 Å². The van der Waals surface area contributed by atoms with Crippen molar-refractivity contribution in [1.29, 1.82) is 0 Å². The van der Waals surface area contributed by atoms with Crippen molar-refractivity contribution in [2.75, 3.05) is 24.5 Å². The van der Waals surface area contributed by atoms with Gasteiger partial charge < -0.3 is 9.80 Å². The van der Waals surface area contributed by atoms with Crippen LogP contribution in [-0.4, -0.2) is 42.4 Å². The third-order valence-electron chi connectivity index (χ3n) is 5.63. The number of alkyl halides is 2. The summed E-state index contributed by atoms with van der Waals surface area (Å²) in [5.41, 5.74) is 2.51. The maximum atomic E-state index is 14.2. The van der Waals surface area contributed by atoms with Gasteiger partial charge in [0.25, 0.3) is 5.92 Å². The summed E-state index contributed by atoms with van der Waals surface area (Å²) in [6, 6.07) is 13.4. The largest absolute Gasteiger partial charge is 0.369 e. The highest BCUT2D eigenvalue weighted by Gasteiger charge is 2.47. The number of para-hydroxylation sites is 1. The van der Waals surface area contributed by atoms with Gasteiger partial charge >= 0.3 is 0 Å². The van der Waals surface area contributed by atoms with Gasteiger partial charge in [0.15, 0.2) is 0 Å². The molecule has 2 aromatic rings. The van der Waals surface area contributed by atoms with E-state index in [4.69, 9.17) is 0 Å². The third kappa shape index (κ3) is 3.86. The summed E-state index contributed by atoms with van der Waals surface area (Å²) >= 11 is 0.